The zero-order chi connectivity index (χ0) is 18.1. The van der Waals surface area contributed by atoms with Crippen molar-refractivity contribution in [1.82, 2.24) is 0 Å². The fourth-order valence-corrected chi connectivity index (χ4v) is 3.35. The van der Waals surface area contributed by atoms with E-state index in [4.69, 9.17) is 1.37 Å². The fourth-order valence-electron chi connectivity index (χ4n) is 3.35. The van der Waals surface area contributed by atoms with Gasteiger partial charge in [0.15, 0.2) is 0 Å². The maximum atomic E-state index is 9.04. The van der Waals surface area contributed by atoms with E-state index >= 15 is 0 Å². The normalized spacial score (nSPS) is 17.8. The Kier molecular flexibility index (Phi) is 3.72. The summed E-state index contributed by atoms with van der Waals surface area (Å²) in [5.41, 5.74) is 6.58. The Morgan fingerprint density at radius 1 is 0.720 bits per heavy atom. The first-order valence-electron chi connectivity index (χ1n) is 9.14. The highest BCUT2D eigenvalue weighted by molar-refractivity contribution is 5.87. The first-order chi connectivity index (χ1) is 12.7. The van der Waals surface area contributed by atoms with Crippen LogP contribution in [0, 0.1) is 6.92 Å². The van der Waals surface area contributed by atoms with E-state index in [9.17, 15) is 0 Å². The highest BCUT2D eigenvalue weighted by Crippen LogP contribution is 2.38. The Labute approximate surface area is 151 Å². The van der Waals surface area contributed by atoms with Gasteiger partial charge in [0, 0.05) is 17.1 Å². The molecule has 0 saturated heterocycles. The van der Waals surface area contributed by atoms with E-state index in [0.717, 1.165) is 28.3 Å². The molecule has 0 bridgehead atoms. The van der Waals surface area contributed by atoms with E-state index in [2.05, 4.69) is 60.0 Å². The molecule has 0 N–H and O–H groups in total. The molecule has 124 valence electrons. The van der Waals surface area contributed by atoms with Gasteiger partial charge >= 0.3 is 0 Å². The zero-order valence-electron chi connectivity index (χ0n) is 15.6. The van der Waals surface area contributed by atoms with Crippen LogP contribution in [0.1, 0.15) is 19.4 Å². The van der Waals surface area contributed by atoms with Gasteiger partial charge in [0.1, 0.15) is 0 Å². The van der Waals surface area contributed by atoms with Crippen LogP contribution in [0.5, 0.6) is 0 Å². The molecule has 1 atom stereocenters. The first-order valence-corrected chi connectivity index (χ1v) is 8.56. The van der Waals surface area contributed by atoms with Gasteiger partial charge in [-0.3, -0.25) is 0 Å². The molecule has 2 nitrogen and oxygen atoms in total. The number of hydrogen-bond donors (Lipinski definition) is 0. The summed E-state index contributed by atoms with van der Waals surface area (Å²) in [5, 5.41) is 0. The van der Waals surface area contributed by atoms with Crippen molar-refractivity contribution in [2.75, 3.05) is 16.4 Å². The molecule has 0 aromatic heterocycles. The lowest BCUT2D eigenvalue weighted by Crippen LogP contribution is -2.27. The molecule has 0 saturated carbocycles. The maximum Gasteiger partial charge on any atom is 0.0998 e. The van der Waals surface area contributed by atoms with Crippen molar-refractivity contribution < 1.29 is 1.37 Å². The molecule has 0 fully saturated rings. The monoisotopic (exact) mass is 327 g/mol. The molecule has 1 unspecified atom stereocenters. The van der Waals surface area contributed by atoms with E-state index in [1.807, 2.05) is 48.5 Å². The number of para-hydroxylation sites is 2. The van der Waals surface area contributed by atoms with Gasteiger partial charge in [0.2, 0.25) is 0 Å². The zero-order valence-corrected chi connectivity index (χ0v) is 14.6. The largest absolute Gasteiger partial charge is 0.325 e. The summed E-state index contributed by atoms with van der Waals surface area (Å²) in [6.07, 6.45) is 0. The molecule has 4 rings (SSSR count). The number of nitrogens with zero attached hydrogens (tertiary/aromatic N) is 2. The Morgan fingerprint density at radius 3 is 2.00 bits per heavy atom. The minimum absolute atomic E-state index is 0.547. The van der Waals surface area contributed by atoms with Crippen molar-refractivity contribution in [2.45, 2.75) is 13.8 Å². The van der Waals surface area contributed by atoms with Crippen LogP contribution in [0.2, 0.25) is 0 Å². The number of rotatable bonds is 3. The summed E-state index contributed by atoms with van der Waals surface area (Å²) in [4.78, 5) is 4.22. The van der Waals surface area contributed by atoms with Crippen LogP contribution in [0.25, 0.3) is 5.70 Å². The van der Waals surface area contributed by atoms with Gasteiger partial charge in [0.05, 0.1) is 13.7 Å². The van der Waals surface area contributed by atoms with E-state index in [1.165, 1.54) is 5.56 Å². The molecule has 1 aliphatic rings. The molecular weight excluding hydrogens is 304 g/mol. The maximum absolute atomic E-state index is 9.04. The third-order valence-electron chi connectivity index (χ3n) is 4.63. The Bertz CT molecular complexity index is 935. The number of anilines is 2. The minimum atomic E-state index is -0.547. The number of aryl methyl sites for hydroxylation is 1. The van der Waals surface area contributed by atoms with Crippen molar-refractivity contribution in [2.24, 2.45) is 0 Å². The Morgan fingerprint density at radius 2 is 1.32 bits per heavy atom. The average molecular weight is 327 g/mol. The third-order valence-corrected chi connectivity index (χ3v) is 4.63. The van der Waals surface area contributed by atoms with Crippen molar-refractivity contribution in [1.29, 1.82) is 0 Å². The SMILES string of the molecule is [2H]C1N(c2ccccc2)C(c2ccccc2)=C(C)N1c1ccccc1C. The van der Waals surface area contributed by atoms with Gasteiger partial charge in [-0.15, -0.1) is 0 Å². The van der Waals surface area contributed by atoms with Crippen LogP contribution in [0.3, 0.4) is 0 Å². The second-order valence-corrected chi connectivity index (χ2v) is 6.28. The summed E-state index contributed by atoms with van der Waals surface area (Å²) in [5.74, 6) is 0. The number of benzene rings is 3. The molecule has 3 aromatic rings. The van der Waals surface area contributed by atoms with Crippen LogP contribution in [0.15, 0.2) is 90.6 Å². The topological polar surface area (TPSA) is 6.48 Å². The quantitative estimate of drug-likeness (QED) is 0.612. The standard InChI is InChI=1S/C23H22N2/c1-18-11-9-10-16-22(18)24-17-25(21-14-7-4-8-15-21)23(19(24)2)20-12-5-3-6-13-20/h3-16H,17H2,1-2H3/i17D. The predicted molar refractivity (Wildman–Crippen MR) is 106 cm³/mol. The number of hydrogen-bond acceptors (Lipinski definition) is 2. The summed E-state index contributed by atoms with van der Waals surface area (Å²) in [7, 11) is 0. The highest BCUT2D eigenvalue weighted by Gasteiger charge is 2.29. The average Bonchev–Trinajstić information content (AvgIpc) is 2.94. The van der Waals surface area contributed by atoms with Gasteiger partial charge in [-0.1, -0.05) is 66.7 Å². The summed E-state index contributed by atoms with van der Waals surface area (Å²) < 4.78 is 9.04. The molecule has 0 radical (unpaired) electrons. The molecule has 0 amide bonds. The lowest BCUT2D eigenvalue weighted by molar-refractivity contribution is 0.948. The molecule has 0 aliphatic carbocycles. The van der Waals surface area contributed by atoms with Crippen molar-refractivity contribution in [3.05, 3.63) is 102 Å². The van der Waals surface area contributed by atoms with Gasteiger partial charge in [-0.2, -0.15) is 0 Å². The fraction of sp³-hybridized carbons (Fsp3) is 0.130. The molecule has 1 heterocycles. The number of allylic oxidation sites excluding steroid dienone is 1. The van der Waals surface area contributed by atoms with Gasteiger partial charge in [-0.05, 0) is 43.2 Å². The summed E-state index contributed by atoms with van der Waals surface area (Å²) >= 11 is 0. The van der Waals surface area contributed by atoms with Crippen LogP contribution in [0.4, 0.5) is 11.4 Å². The van der Waals surface area contributed by atoms with E-state index in [0.29, 0.717) is 0 Å². The van der Waals surface area contributed by atoms with Gasteiger partial charge in [-0.25, -0.2) is 0 Å². The summed E-state index contributed by atoms with van der Waals surface area (Å²) in [6.45, 7) is 3.66. The van der Waals surface area contributed by atoms with E-state index in [-0.39, 0.29) is 0 Å². The molecule has 3 aromatic carbocycles. The molecular formula is C23H22N2. The molecule has 0 spiro atoms. The molecule has 25 heavy (non-hydrogen) atoms. The van der Waals surface area contributed by atoms with Crippen LogP contribution in [-0.2, 0) is 0 Å². The van der Waals surface area contributed by atoms with E-state index in [1.54, 1.807) is 0 Å². The molecule has 1 aliphatic heterocycles. The minimum Gasteiger partial charge on any atom is -0.325 e. The lowest BCUT2D eigenvalue weighted by Gasteiger charge is -2.25. The summed E-state index contributed by atoms with van der Waals surface area (Å²) in [6, 6.07) is 28.8. The van der Waals surface area contributed by atoms with Crippen molar-refractivity contribution >= 4 is 17.1 Å². The Hall–Kier alpha value is -3.00. The van der Waals surface area contributed by atoms with Gasteiger partial charge in [0.25, 0.3) is 0 Å². The second-order valence-electron chi connectivity index (χ2n) is 6.28. The third kappa shape index (κ3) is 2.80. The lowest BCUT2D eigenvalue weighted by atomic mass is 10.1. The van der Waals surface area contributed by atoms with Crippen LogP contribution >= 0.6 is 0 Å². The van der Waals surface area contributed by atoms with Crippen LogP contribution in [-0.4, -0.2) is 6.64 Å². The van der Waals surface area contributed by atoms with Gasteiger partial charge < -0.3 is 9.80 Å². The first kappa shape index (κ1) is 14.4. The van der Waals surface area contributed by atoms with Crippen LogP contribution < -0.4 is 9.80 Å². The second kappa shape index (κ2) is 6.48. The van der Waals surface area contributed by atoms with Crippen molar-refractivity contribution in [3.63, 3.8) is 0 Å². The molecule has 2 heteroatoms. The highest BCUT2D eigenvalue weighted by atomic mass is 15.4. The van der Waals surface area contributed by atoms with Crippen molar-refractivity contribution in [3.8, 4) is 0 Å². The Balaban J connectivity index is 1.91. The van der Waals surface area contributed by atoms with E-state index < -0.39 is 6.64 Å². The smallest absolute Gasteiger partial charge is 0.0998 e. The predicted octanol–water partition coefficient (Wildman–Crippen LogP) is 5.67.